The Hall–Kier alpha value is -2.96. The molecule has 2 rings (SSSR count). The molecule has 1 atom stereocenters. The number of urea groups is 1. The molecule has 1 unspecified atom stereocenters. The van der Waals surface area contributed by atoms with E-state index >= 15 is 0 Å². The summed E-state index contributed by atoms with van der Waals surface area (Å²) in [5.41, 5.74) is 1.88. The Morgan fingerprint density at radius 2 is 1.92 bits per heavy atom. The highest BCUT2D eigenvalue weighted by Crippen LogP contribution is 2.09. The minimum atomic E-state index is -0.379. The topological polar surface area (TPSA) is 87.2 Å². The molecule has 0 aliphatic rings. The number of pyridine rings is 2. The van der Waals surface area contributed by atoms with Crippen LogP contribution in [0.15, 0.2) is 48.9 Å². The van der Waals surface area contributed by atoms with Crippen LogP contribution >= 0.6 is 0 Å². The number of hydrogen-bond donors (Lipinski definition) is 2. The maximum atomic E-state index is 12.1. The molecule has 2 aromatic rings. The van der Waals surface area contributed by atoms with Crippen LogP contribution in [-0.4, -0.2) is 46.9 Å². The van der Waals surface area contributed by atoms with Gasteiger partial charge in [-0.15, -0.1) is 0 Å². The van der Waals surface area contributed by atoms with Crippen LogP contribution < -0.4 is 10.6 Å². The third kappa shape index (κ3) is 6.21. The van der Waals surface area contributed by atoms with Gasteiger partial charge >= 0.3 is 6.03 Å². The molecule has 0 saturated carbocycles. The summed E-state index contributed by atoms with van der Waals surface area (Å²) in [5.74, 6) is -0.150. The van der Waals surface area contributed by atoms with E-state index in [0.717, 1.165) is 11.3 Å². The summed E-state index contributed by atoms with van der Waals surface area (Å²) in [7, 11) is 1.71. The first-order valence-electron chi connectivity index (χ1n) is 8.14. The van der Waals surface area contributed by atoms with Gasteiger partial charge in [0.2, 0.25) is 5.91 Å². The number of carbonyl (C=O) groups is 2. The monoisotopic (exact) mass is 341 g/mol. The summed E-state index contributed by atoms with van der Waals surface area (Å²) >= 11 is 0. The number of amides is 3. The van der Waals surface area contributed by atoms with E-state index in [9.17, 15) is 9.59 Å². The molecule has 0 aliphatic carbocycles. The summed E-state index contributed by atoms with van der Waals surface area (Å²) < 4.78 is 0. The molecule has 0 aromatic carbocycles. The van der Waals surface area contributed by atoms with E-state index in [2.05, 4.69) is 20.6 Å². The maximum Gasteiger partial charge on any atom is 0.315 e. The fourth-order valence-electron chi connectivity index (χ4n) is 2.23. The standard InChI is InChI=1S/C18H23N5O2/c1-14(15-6-10-19-11-7-15)22-18(25)21-13-17(24)23(2)12-8-16-5-3-4-9-20-16/h3-7,9-11,14H,8,12-13H2,1-2H3,(H2,21,22,25). The summed E-state index contributed by atoms with van der Waals surface area (Å²) in [5, 5.41) is 5.38. The average molecular weight is 341 g/mol. The molecule has 0 bridgehead atoms. The molecule has 132 valence electrons. The molecule has 0 aliphatic heterocycles. The normalized spacial score (nSPS) is 11.4. The lowest BCUT2D eigenvalue weighted by Gasteiger charge is -2.18. The Bertz CT molecular complexity index is 678. The summed E-state index contributed by atoms with van der Waals surface area (Å²) in [4.78, 5) is 33.7. The van der Waals surface area contributed by atoms with Crippen molar-refractivity contribution in [1.82, 2.24) is 25.5 Å². The van der Waals surface area contributed by atoms with Crippen LogP contribution in [0.25, 0.3) is 0 Å². The molecule has 25 heavy (non-hydrogen) atoms. The number of nitrogens with one attached hydrogen (secondary N) is 2. The second-order valence-electron chi connectivity index (χ2n) is 5.72. The zero-order chi connectivity index (χ0) is 18.1. The zero-order valence-corrected chi connectivity index (χ0v) is 14.5. The van der Waals surface area contributed by atoms with Gasteiger partial charge < -0.3 is 15.5 Å². The molecular formula is C18H23N5O2. The van der Waals surface area contributed by atoms with Crippen LogP contribution in [-0.2, 0) is 11.2 Å². The van der Waals surface area contributed by atoms with Gasteiger partial charge in [-0.2, -0.15) is 0 Å². The van der Waals surface area contributed by atoms with Gasteiger partial charge in [-0.3, -0.25) is 14.8 Å². The second-order valence-corrected chi connectivity index (χ2v) is 5.72. The van der Waals surface area contributed by atoms with Crippen LogP contribution in [0.2, 0.25) is 0 Å². The van der Waals surface area contributed by atoms with E-state index in [-0.39, 0.29) is 24.5 Å². The SMILES string of the molecule is CC(NC(=O)NCC(=O)N(C)CCc1ccccn1)c1ccncc1. The van der Waals surface area contributed by atoms with E-state index in [0.29, 0.717) is 13.0 Å². The first-order valence-corrected chi connectivity index (χ1v) is 8.14. The van der Waals surface area contributed by atoms with Gasteiger partial charge in [-0.05, 0) is 36.8 Å². The molecule has 7 nitrogen and oxygen atoms in total. The van der Waals surface area contributed by atoms with Crippen molar-refractivity contribution in [2.24, 2.45) is 0 Å². The molecular weight excluding hydrogens is 318 g/mol. The van der Waals surface area contributed by atoms with E-state index < -0.39 is 0 Å². The van der Waals surface area contributed by atoms with Crippen molar-refractivity contribution in [3.05, 3.63) is 60.2 Å². The highest BCUT2D eigenvalue weighted by molar-refractivity contribution is 5.84. The fourth-order valence-corrected chi connectivity index (χ4v) is 2.23. The number of carbonyl (C=O) groups excluding carboxylic acids is 2. The van der Waals surface area contributed by atoms with Gasteiger partial charge in [0.25, 0.3) is 0 Å². The van der Waals surface area contributed by atoms with Crippen LogP contribution in [0.3, 0.4) is 0 Å². The van der Waals surface area contributed by atoms with E-state index in [1.807, 2.05) is 37.3 Å². The van der Waals surface area contributed by atoms with Gasteiger partial charge in [-0.25, -0.2) is 4.79 Å². The fraction of sp³-hybridized carbons (Fsp3) is 0.333. The van der Waals surface area contributed by atoms with Gasteiger partial charge in [0.05, 0.1) is 12.6 Å². The summed E-state index contributed by atoms with van der Waals surface area (Å²) in [6.45, 7) is 2.37. The first kappa shape index (κ1) is 18.4. The number of rotatable bonds is 7. The van der Waals surface area contributed by atoms with Gasteiger partial charge in [0.15, 0.2) is 0 Å². The first-order chi connectivity index (χ1) is 12.1. The molecule has 0 saturated heterocycles. The zero-order valence-electron chi connectivity index (χ0n) is 14.5. The highest BCUT2D eigenvalue weighted by Gasteiger charge is 2.13. The largest absolute Gasteiger partial charge is 0.344 e. The quantitative estimate of drug-likeness (QED) is 0.800. The Morgan fingerprint density at radius 3 is 2.60 bits per heavy atom. The predicted octanol–water partition coefficient (Wildman–Crippen LogP) is 1.54. The minimum Gasteiger partial charge on any atom is -0.344 e. The third-order valence-electron chi connectivity index (χ3n) is 3.81. The Kier molecular flexibility index (Phi) is 6.88. The van der Waals surface area contributed by atoms with Crippen molar-refractivity contribution in [2.75, 3.05) is 20.1 Å². The molecule has 2 aromatic heterocycles. The minimum absolute atomic E-state index is 0.0480. The molecule has 0 spiro atoms. The van der Waals surface area contributed by atoms with Gasteiger partial charge in [-0.1, -0.05) is 6.07 Å². The van der Waals surface area contributed by atoms with Crippen molar-refractivity contribution in [3.63, 3.8) is 0 Å². The van der Waals surface area contributed by atoms with Gasteiger partial charge in [0.1, 0.15) is 0 Å². The Balaban J connectivity index is 1.70. The van der Waals surface area contributed by atoms with Crippen molar-refractivity contribution >= 4 is 11.9 Å². The summed E-state index contributed by atoms with van der Waals surface area (Å²) in [6.07, 6.45) is 5.75. The number of aromatic nitrogens is 2. The lowest BCUT2D eigenvalue weighted by molar-refractivity contribution is -0.128. The van der Waals surface area contributed by atoms with Crippen molar-refractivity contribution in [1.29, 1.82) is 0 Å². The lowest BCUT2D eigenvalue weighted by Crippen LogP contribution is -2.43. The number of nitrogens with zero attached hydrogens (tertiary/aromatic N) is 3. The van der Waals surface area contributed by atoms with Crippen LogP contribution in [0.4, 0.5) is 4.79 Å². The van der Waals surface area contributed by atoms with Crippen molar-refractivity contribution in [2.45, 2.75) is 19.4 Å². The maximum absolute atomic E-state index is 12.1. The Morgan fingerprint density at radius 1 is 1.16 bits per heavy atom. The van der Waals surface area contributed by atoms with Gasteiger partial charge in [0, 0.05) is 44.3 Å². The molecule has 3 amide bonds. The van der Waals surface area contributed by atoms with Crippen molar-refractivity contribution < 1.29 is 9.59 Å². The number of likely N-dealkylation sites (N-methyl/N-ethyl adjacent to an activating group) is 1. The van der Waals surface area contributed by atoms with E-state index in [1.165, 1.54) is 0 Å². The molecule has 0 radical (unpaired) electrons. The van der Waals surface area contributed by atoms with Crippen LogP contribution in [0, 0.1) is 0 Å². The predicted molar refractivity (Wildman–Crippen MR) is 94.8 cm³/mol. The average Bonchev–Trinajstić information content (AvgIpc) is 2.65. The van der Waals surface area contributed by atoms with Crippen molar-refractivity contribution in [3.8, 4) is 0 Å². The lowest BCUT2D eigenvalue weighted by atomic mass is 10.1. The Labute approximate surface area is 147 Å². The number of hydrogen-bond acceptors (Lipinski definition) is 4. The third-order valence-corrected chi connectivity index (χ3v) is 3.81. The summed E-state index contributed by atoms with van der Waals surface area (Å²) in [6, 6.07) is 8.82. The highest BCUT2D eigenvalue weighted by atomic mass is 16.2. The molecule has 0 fully saturated rings. The van der Waals surface area contributed by atoms with E-state index in [4.69, 9.17) is 0 Å². The molecule has 7 heteroatoms. The van der Waals surface area contributed by atoms with Crippen LogP contribution in [0.1, 0.15) is 24.2 Å². The molecule has 2 N–H and O–H groups in total. The van der Waals surface area contributed by atoms with Crippen LogP contribution in [0.5, 0.6) is 0 Å². The second kappa shape index (κ2) is 9.36. The smallest absolute Gasteiger partial charge is 0.315 e. The molecule has 2 heterocycles. The van der Waals surface area contributed by atoms with E-state index in [1.54, 1.807) is 30.5 Å².